The first-order valence-corrected chi connectivity index (χ1v) is 12.9. The quantitative estimate of drug-likeness (QED) is 0.305. The number of hydrogen-bond acceptors (Lipinski definition) is 2. The van der Waals surface area contributed by atoms with Gasteiger partial charge in [-0.05, 0) is 78.4 Å². The second kappa shape index (κ2) is 9.57. The van der Waals surface area contributed by atoms with Crippen molar-refractivity contribution in [3.8, 4) is 0 Å². The number of allylic oxidation sites excluding steroid dienone is 1. The Bertz CT molecular complexity index is 1250. The van der Waals surface area contributed by atoms with E-state index in [0.717, 1.165) is 45.0 Å². The molecule has 33 heavy (non-hydrogen) atoms. The first kappa shape index (κ1) is 22.6. The first-order valence-electron chi connectivity index (χ1n) is 10.9. The molecule has 3 aromatic carbocycles. The third-order valence-electron chi connectivity index (χ3n) is 6.24. The molecule has 1 aliphatic carbocycles. The normalized spacial score (nSPS) is 21.1. The second-order valence-corrected chi connectivity index (χ2v) is 10.6. The molecule has 2 atom stereocenters. The maximum Gasteiger partial charge on any atom is 0.276 e. The van der Waals surface area contributed by atoms with Crippen molar-refractivity contribution in [2.45, 2.75) is 25.3 Å². The topological polar surface area (TPSA) is 32.7 Å². The number of carbonyl (C=O) groups excluding carboxylic acids is 1. The highest BCUT2D eigenvalue weighted by Crippen LogP contribution is 2.45. The van der Waals surface area contributed by atoms with Crippen molar-refractivity contribution in [3.63, 3.8) is 0 Å². The van der Waals surface area contributed by atoms with Crippen LogP contribution in [-0.2, 0) is 0 Å². The molecule has 0 unspecified atom stereocenters. The Hall–Kier alpha value is -2.21. The van der Waals surface area contributed by atoms with Gasteiger partial charge in [0.15, 0.2) is 0 Å². The fourth-order valence-electron chi connectivity index (χ4n) is 4.68. The lowest BCUT2D eigenvalue weighted by Crippen LogP contribution is -2.32. The van der Waals surface area contributed by atoms with E-state index in [9.17, 15) is 4.79 Å². The van der Waals surface area contributed by atoms with Gasteiger partial charge in [0.25, 0.3) is 5.91 Å². The fraction of sp³-hybridized carbons (Fsp3) is 0.185. The van der Waals surface area contributed by atoms with Gasteiger partial charge in [-0.25, -0.2) is 5.01 Å². The molecule has 3 aromatic rings. The second-order valence-electron chi connectivity index (χ2n) is 8.33. The van der Waals surface area contributed by atoms with Gasteiger partial charge in [0.1, 0.15) is 0 Å². The number of nitrogens with zero attached hydrogens (tertiary/aromatic N) is 2. The van der Waals surface area contributed by atoms with Crippen LogP contribution in [-0.4, -0.2) is 16.6 Å². The SMILES string of the molecule is O=C(c1ccccc1Cl)N1N=C2/C(=C/c3ccc(Br)cc3)CCC[C@H]2[C@H]1c1ccc(Br)cc1. The lowest BCUT2D eigenvalue weighted by atomic mass is 9.77. The molecule has 1 saturated carbocycles. The molecule has 0 N–H and O–H groups in total. The van der Waals surface area contributed by atoms with Crippen LogP contribution in [0.1, 0.15) is 46.8 Å². The molecule has 6 heteroatoms. The minimum Gasteiger partial charge on any atom is -0.267 e. The number of benzene rings is 3. The van der Waals surface area contributed by atoms with Crippen LogP contribution in [0.25, 0.3) is 6.08 Å². The third kappa shape index (κ3) is 4.59. The lowest BCUT2D eigenvalue weighted by molar-refractivity contribution is 0.0681. The highest BCUT2D eigenvalue weighted by Gasteiger charge is 2.44. The van der Waals surface area contributed by atoms with Gasteiger partial charge in [0.05, 0.1) is 22.3 Å². The van der Waals surface area contributed by atoms with E-state index in [1.807, 2.05) is 36.4 Å². The van der Waals surface area contributed by atoms with E-state index in [1.54, 1.807) is 17.1 Å². The Balaban J connectivity index is 1.59. The molecule has 2 aliphatic rings. The molecule has 1 fully saturated rings. The van der Waals surface area contributed by atoms with Crippen LogP contribution in [0.3, 0.4) is 0 Å². The molecule has 166 valence electrons. The van der Waals surface area contributed by atoms with Crippen molar-refractivity contribution in [2.75, 3.05) is 0 Å². The van der Waals surface area contributed by atoms with Gasteiger partial charge < -0.3 is 0 Å². The Kier molecular flexibility index (Phi) is 6.55. The average molecular weight is 585 g/mol. The lowest BCUT2D eigenvalue weighted by Gasteiger charge is -2.30. The van der Waals surface area contributed by atoms with Crippen LogP contribution < -0.4 is 0 Å². The molecule has 0 spiro atoms. The van der Waals surface area contributed by atoms with Gasteiger partial charge >= 0.3 is 0 Å². The summed E-state index contributed by atoms with van der Waals surface area (Å²) in [5.41, 5.74) is 4.89. The number of rotatable bonds is 3. The smallest absolute Gasteiger partial charge is 0.267 e. The highest BCUT2D eigenvalue weighted by atomic mass is 79.9. The minimum absolute atomic E-state index is 0.146. The van der Waals surface area contributed by atoms with Gasteiger partial charge in [0.2, 0.25) is 0 Å². The molecular formula is C27H21Br2ClN2O. The van der Waals surface area contributed by atoms with E-state index in [4.69, 9.17) is 16.7 Å². The summed E-state index contributed by atoms with van der Waals surface area (Å²) in [6.07, 6.45) is 5.21. The van der Waals surface area contributed by atoms with Crippen molar-refractivity contribution >= 4 is 61.2 Å². The average Bonchev–Trinajstić information content (AvgIpc) is 3.22. The van der Waals surface area contributed by atoms with Crippen molar-refractivity contribution in [1.82, 2.24) is 5.01 Å². The zero-order valence-corrected chi connectivity index (χ0v) is 21.6. The van der Waals surface area contributed by atoms with E-state index in [-0.39, 0.29) is 17.9 Å². The third-order valence-corrected chi connectivity index (χ3v) is 7.62. The van der Waals surface area contributed by atoms with Gasteiger partial charge in [0, 0.05) is 14.9 Å². The molecule has 0 bridgehead atoms. The number of amides is 1. The van der Waals surface area contributed by atoms with Crippen LogP contribution in [0, 0.1) is 5.92 Å². The summed E-state index contributed by atoms with van der Waals surface area (Å²) in [5.74, 6) is -0.0218. The van der Waals surface area contributed by atoms with Crippen LogP contribution in [0.4, 0.5) is 0 Å². The summed E-state index contributed by atoms with van der Waals surface area (Å²) in [7, 11) is 0. The first-order chi connectivity index (χ1) is 16.0. The van der Waals surface area contributed by atoms with Crippen LogP contribution in [0.5, 0.6) is 0 Å². The van der Waals surface area contributed by atoms with Crippen LogP contribution in [0.2, 0.25) is 5.02 Å². The van der Waals surface area contributed by atoms with E-state index < -0.39 is 0 Å². The largest absolute Gasteiger partial charge is 0.276 e. The number of hydrogen-bond donors (Lipinski definition) is 0. The Labute approximate surface area is 215 Å². The van der Waals surface area contributed by atoms with Gasteiger partial charge in [-0.15, -0.1) is 0 Å². The molecule has 0 radical (unpaired) electrons. The molecular weight excluding hydrogens is 564 g/mol. The number of halogens is 3. The van der Waals surface area contributed by atoms with Crippen molar-refractivity contribution in [1.29, 1.82) is 0 Å². The zero-order valence-electron chi connectivity index (χ0n) is 17.7. The fourth-order valence-corrected chi connectivity index (χ4v) is 5.42. The molecule has 0 saturated heterocycles. The molecule has 0 aromatic heterocycles. The number of carbonyl (C=O) groups is 1. The summed E-state index contributed by atoms with van der Waals surface area (Å²) >= 11 is 13.4. The molecule has 5 rings (SSSR count). The van der Waals surface area contributed by atoms with Gasteiger partial charge in [-0.1, -0.05) is 79.9 Å². The molecule has 1 aliphatic heterocycles. The predicted molar refractivity (Wildman–Crippen MR) is 141 cm³/mol. The number of hydrazone groups is 1. The highest BCUT2D eigenvalue weighted by molar-refractivity contribution is 9.10. The molecule has 1 heterocycles. The summed E-state index contributed by atoms with van der Waals surface area (Å²) in [5, 5.41) is 7.06. The summed E-state index contributed by atoms with van der Waals surface area (Å²) in [6, 6.07) is 23.5. The molecule has 3 nitrogen and oxygen atoms in total. The number of fused-ring (bicyclic) bond motifs is 1. The van der Waals surface area contributed by atoms with Crippen molar-refractivity contribution in [3.05, 3.63) is 109 Å². The van der Waals surface area contributed by atoms with Gasteiger partial charge in [-0.3, -0.25) is 4.79 Å². The maximum absolute atomic E-state index is 13.7. The predicted octanol–water partition coefficient (Wildman–Crippen LogP) is 8.30. The Morgan fingerprint density at radius 1 is 0.970 bits per heavy atom. The van der Waals surface area contributed by atoms with Crippen molar-refractivity contribution < 1.29 is 4.79 Å². The van der Waals surface area contributed by atoms with E-state index >= 15 is 0 Å². The minimum atomic E-state index is -0.168. The van der Waals surface area contributed by atoms with Gasteiger partial charge in [-0.2, -0.15) is 5.10 Å². The Morgan fingerprint density at radius 2 is 1.64 bits per heavy atom. The Morgan fingerprint density at radius 3 is 2.33 bits per heavy atom. The van der Waals surface area contributed by atoms with E-state index in [1.165, 1.54) is 5.57 Å². The monoisotopic (exact) mass is 582 g/mol. The standard InChI is InChI=1S/C27H21Br2ClN2O/c28-20-12-8-17(9-13-20)16-19-4-3-6-23-25(19)31-32(26(23)18-10-14-21(29)15-11-18)27(33)22-5-1-2-7-24(22)30/h1-2,5,7-16,23,26H,3-4,6H2/b19-16+/t23-,26-/m1/s1. The maximum atomic E-state index is 13.7. The van der Waals surface area contributed by atoms with Crippen LogP contribution >= 0.6 is 43.5 Å². The van der Waals surface area contributed by atoms with E-state index in [2.05, 4.69) is 62.2 Å². The molecule has 1 amide bonds. The van der Waals surface area contributed by atoms with Crippen molar-refractivity contribution in [2.24, 2.45) is 11.0 Å². The van der Waals surface area contributed by atoms with E-state index in [0.29, 0.717) is 10.6 Å². The summed E-state index contributed by atoms with van der Waals surface area (Å²) in [6.45, 7) is 0. The zero-order chi connectivity index (χ0) is 22.9. The summed E-state index contributed by atoms with van der Waals surface area (Å²) < 4.78 is 2.06. The summed E-state index contributed by atoms with van der Waals surface area (Å²) in [4.78, 5) is 13.7. The van der Waals surface area contributed by atoms with Crippen LogP contribution in [0.15, 0.2) is 92.4 Å².